The van der Waals surface area contributed by atoms with Crippen molar-refractivity contribution < 1.29 is 47.9 Å². The molecule has 0 aromatic heterocycles. The maximum atomic E-state index is 13.6. The van der Waals surface area contributed by atoms with Crippen molar-refractivity contribution in [2.24, 2.45) is 0 Å². The molecule has 0 radical (unpaired) electrons. The Morgan fingerprint density at radius 1 is 0.925 bits per heavy atom. The van der Waals surface area contributed by atoms with E-state index in [0.29, 0.717) is 61.4 Å². The third-order valence-corrected chi connectivity index (χ3v) is 7.26. The van der Waals surface area contributed by atoms with Crippen molar-refractivity contribution in [2.45, 2.75) is 6.04 Å². The lowest BCUT2D eigenvalue weighted by atomic mass is 9.93. The number of aliphatic hydroxyl groups is 1. The quantitative estimate of drug-likeness (QED) is 0.278. The first-order valence-electron chi connectivity index (χ1n) is 12.8. The molecule has 0 aliphatic carbocycles. The van der Waals surface area contributed by atoms with Gasteiger partial charge < -0.3 is 43.2 Å². The second-order valence-electron chi connectivity index (χ2n) is 9.28. The van der Waals surface area contributed by atoms with Gasteiger partial charge in [-0.15, -0.1) is 0 Å². The Morgan fingerprint density at radius 2 is 1.65 bits per heavy atom. The Morgan fingerprint density at radius 3 is 2.33 bits per heavy atom. The highest BCUT2D eigenvalue weighted by atomic mass is 16.7. The molecule has 2 saturated heterocycles. The number of morpholine rings is 1. The van der Waals surface area contributed by atoms with Crippen LogP contribution in [0.1, 0.15) is 17.2 Å². The highest BCUT2D eigenvalue weighted by Crippen LogP contribution is 2.54. The van der Waals surface area contributed by atoms with E-state index in [-0.39, 0.29) is 41.7 Å². The maximum absolute atomic E-state index is 13.6. The Hall–Kier alpha value is -4.16. The van der Waals surface area contributed by atoms with E-state index in [1.807, 2.05) is 0 Å². The summed E-state index contributed by atoms with van der Waals surface area (Å²) in [4.78, 5) is 30.7. The number of likely N-dealkylation sites (tertiary alicyclic amines) is 1. The summed E-state index contributed by atoms with van der Waals surface area (Å²) < 4.78 is 38.7. The summed E-state index contributed by atoms with van der Waals surface area (Å²) in [6, 6.07) is 5.40. The van der Waals surface area contributed by atoms with Gasteiger partial charge >= 0.3 is 0 Å². The molecule has 0 bridgehead atoms. The lowest BCUT2D eigenvalue weighted by Gasteiger charge is -2.31. The summed E-state index contributed by atoms with van der Waals surface area (Å²) >= 11 is 0. The van der Waals surface area contributed by atoms with Crippen molar-refractivity contribution in [1.82, 2.24) is 9.80 Å². The average molecular weight is 557 g/mol. The number of ether oxygens (including phenoxy) is 7. The van der Waals surface area contributed by atoms with Gasteiger partial charge in [-0.05, 0) is 24.3 Å². The van der Waals surface area contributed by atoms with Gasteiger partial charge in [0, 0.05) is 37.3 Å². The number of amides is 1. The molecular weight excluding hydrogens is 524 g/mol. The summed E-state index contributed by atoms with van der Waals surface area (Å²) in [5.41, 5.74) is 0.589. The number of carbonyl (C=O) groups is 2. The molecule has 0 spiro atoms. The van der Waals surface area contributed by atoms with Gasteiger partial charge in [-0.3, -0.25) is 14.5 Å². The Kier molecular flexibility index (Phi) is 7.90. The van der Waals surface area contributed by atoms with Crippen LogP contribution in [0.25, 0.3) is 5.76 Å². The molecule has 0 saturated carbocycles. The van der Waals surface area contributed by atoms with E-state index >= 15 is 0 Å². The molecule has 12 nitrogen and oxygen atoms in total. The molecule has 1 atom stereocenters. The van der Waals surface area contributed by atoms with Crippen molar-refractivity contribution in [3.63, 3.8) is 0 Å². The van der Waals surface area contributed by atoms with Gasteiger partial charge in [-0.25, -0.2) is 0 Å². The standard InChI is InChI=1S/C28H32N2O10/c1-34-18-6-5-16(13-19(18)35-2)23(31)21-22(17-14-20-26(40-15-39-20)27(37-4)25(17)36-3)30(28(33)24(21)32)8-7-29-9-11-38-12-10-29/h5-6,13-14,22,31H,7-12,15H2,1-4H3. The molecule has 2 aromatic carbocycles. The van der Waals surface area contributed by atoms with Crippen LogP contribution >= 0.6 is 0 Å². The van der Waals surface area contributed by atoms with Crippen molar-refractivity contribution >= 4 is 17.4 Å². The van der Waals surface area contributed by atoms with Crippen molar-refractivity contribution in [2.75, 3.05) is 74.6 Å². The zero-order chi connectivity index (χ0) is 28.4. The zero-order valence-electron chi connectivity index (χ0n) is 22.9. The van der Waals surface area contributed by atoms with Crippen molar-refractivity contribution in [1.29, 1.82) is 0 Å². The number of hydrogen-bond acceptors (Lipinski definition) is 11. The number of benzene rings is 2. The largest absolute Gasteiger partial charge is 0.507 e. The van der Waals surface area contributed by atoms with E-state index < -0.39 is 17.7 Å². The minimum Gasteiger partial charge on any atom is -0.507 e. The van der Waals surface area contributed by atoms with Crippen LogP contribution in [0.5, 0.6) is 34.5 Å². The fourth-order valence-electron chi connectivity index (χ4n) is 5.26. The highest BCUT2D eigenvalue weighted by molar-refractivity contribution is 6.46. The van der Waals surface area contributed by atoms with Crippen LogP contribution in [-0.2, 0) is 14.3 Å². The summed E-state index contributed by atoms with van der Waals surface area (Å²) in [5.74, 6) is 0.126. The van der Waals surface area contributed by atoms with Gasteiger partial charge in [-0.1, -0.05) is 0 Å². The number of nitrogens with zero attached hydrogens (tertiary/aromatic N) is 2. The van der Waals surface area contributed by atoms with Crippen LogP contribution in [0.2, 0.25) is 0 Å². The van der Waals surface area contributed by atoms with E-state index in [4.69, 9.17) is 33.2 Å². The van der Waals surface area contributed by atoms with Crippen LogP contribution in [0.3, 0.4) is 0 Å². The molecule has 12 heteroatoms. The molecule has 40 heavy (non-hydrogen) atoms. The maximum Gasteiger partial charge on any atom is 0.295 e. The fourth-order valence-corrected chi connectivity index (χ4v) is 5.26. The molecular formula is C28H32N2O10. The molecule has 1 N–H and O–H groups in total. The van der Waals surface area contributed by atoms with Gasteiger partial charge in [0.25, 0.3) is 11.7 Å². The number of methoxy groups -OCH3 is 4. The summed E-state index contributed by atoms with van der Waals surface area (Å²) in [6.07, 6.45) is 0. The van der Waals surface area contributed by atoms with Crippen molar-refractivity contribution in [3.8, 4) is 34.5 Å². The first kappa shape index (κ1) is 27.4. The van der Waals surface area contributed by atoms with Crippen LogP contribution in [0.15, 0.2) is 29.8 Å². The number of ketones is 1. The molecule has 5 rings (SSSR count). The number of hydrogen-bond donors (Lipinski definition) is 1. The van der Waals surface area contributed by atoms with Crippen LogP contribution in [0, 0.1) is 0 Å². The van der Waals surface area contributed by atoms with Crippen LogP contribution in [-0.4, -0.2) is 101 Å². The molecule has 1 unspecified atom stereocenters. The normalized spacial score (nSPS) is 20.1. The molecule has 3 aliphatic rings. The Bertz CT molecular complexity index is 1330. The van der Waals surface area contributed by atoms with E-state index in [1.165, 1.54) is 33.3 Å². The minimum atomic E-state index is -1.01. The van der Waals surface area contributed by atoms with Gasteiger partial charge in [0.05, 0.1) is 53.3 Å². The molecule has 1 amide bonds. The van der Waals surface area contributed by atoms with E-state index in [1.54, 1.807) is 24.3 Å². The number of fused-ring (bicyclic) bond motifs is 1. The summed E-state index contributed by atoms with van der Waals surface area (Å²) in [6.45, 7) is 3.30. The first-order chi connectivity index (χ1) is 19.4. The molecule has 3 heterocycles. The predicted molar refractivity (Wildman–Crippen MR) is 141 cm³/mol. The topological polar surface area (TPSA) is 125 Å². The minimum absolute atomic E-state index is 0.0266. The first-order valence-corrected chi connectivity index (χ1v) is 12.8. The zero-order valence-corrected chi connectivity index (χ0v) is 22.9. The van der Waals surface area contributed by atoms with Gasteiger partial charge in [0.2, 0.25) is 18.3 Å². The smallest absolute Gasteiger partial charge is 0.295 e. The van der Waals surface area contributed by atoms with Gasteiger partial charge in [0.1, 0.15) is 5.76 Å². The molecule has 2 fully saturated rings. The Balaban J connectivity index is 1.67. The number of Topliss-reactive ketones (excluding diaryl/α,β-unsaturated/α-hetero) is 1. The summed E-state index contributed by atoms with van der Waals surface area (Å²) in [5, 5.41) is 11.6. The number of rotatable bonds is 9. The molecule has 2 aromatic rings. The lowest BCUT2D eigenvalue weighted by Crippen LogP contribution is -2.42. The molecule has 214 valence electrons. The summed E-state index contributed by atoms with van der Waals surface area (Å²) in [7, 11) is 5.88. The second-order valence-corrected chi connectivity index (χ2v) is 9.28. The fraction of sp³-hybridized carbons (Fsp3) is 0.429. The van der Waals surface area contributed by atoms with Crippen LogP contribution < -0.4 is 28.4 Å². The van der Waals surface area contributed by atoms with E-state index in [9.17, 15) is 14.7 Å². The number of aliphatic hydroxyl groups excluding tert-OH is 1. The molecule has 3 aliphatic heterocycles. The lowest BCUT2D eigenvalue weighted by molar-refractivity contribution is -0.140. The SMILES string of the molecule is COc1ccc(C(O)=C2C(=O)C(=O)N(CCN3CCOCC3)C2c2cc3c(c(OC)c2OC)OCO3)cc1OC. The van der Waals surface area contributed by atoms with E-state index in [2.05, 4.69) is 4.90 Å². The van der Waals surface area contributed by atoms with Gasteiger partial charge in [0.15, 0.2) is 23.0 Å². The third kappa shape index (κ3) is 4.73. The average Bonchev–Trinajstić information content (AvgIpc) is 3.56. The highest BCUT2D eigenvalue weighted by Gasteiger charge is 2.48. The second kappa shape index (κ2) is 11.5. The predicted octanol–water partition coefficient (Wildman–Crippen LogP) is 2.20. The van der Waals surface area contributed by atoms with E-state index in [0.717, 1.165) is 0 Å². The number of carbonyl (C=O) groups excluding carboxylic acids is 2. The Labute approximate surface area is 231 Å². The third-order valence-electron chi connectivity index (χ3n) is 7.26. The van der Waals surface area contributed by atoms with Crippen molar-refractivity contribution in [3.05, 3.63) is 41.0 Å². The monoisotopic (exact) mass is 556 g/mol. The van der Waals surface area contributed by atoms with Crippen LogP contribution in [0.4, 0.5) is 0 Å². The van der Waals surface area contributed by atoms with Gasteiger partial charge in [-0.2, -0.15) is 0 Å².